The van der Waals surface area contributed by atoms with Crippen LogP contribution in [-0.2, 0) is 19.1 Å². The number of amides is 4. The molecule has 288 valence electrons. The average molecular weight is 743 g/mol. The van der Waals surface area contributed by atoms with Gasteiger partial charge in [-0.25, -0.2) is 29.6 Å². The van der Waals surface area contributed by atoms with Crippen LogP contribution in [0.2, 0.25) is 0 Å². The van der Waals surface area contributed by atoms with Gasteiger partial charge in [-0.1, -0.05) is 48.5 Å². The summed E-state index contributed by atoms with van der Waals surface area (Å²) in [5.74, 6) is -1.39. The Hall–Kier alpha value is -5.34. The van der Waals surface area contributed by atoms with E-state index in [1.165, 1.54) is 10.0 Å². The molecule has 14 nitrogen and oxygen atoms in total. The summed E-state index contributed by atoms with van der Waals surface area (Å²) in [5, 5.41) is 13.0. The molecule has 2 aliphatic heterocycles. The number of carbonyl (C=O) groups excluding carboxylic acids is 6. The summed E-state index contributed by atoms with van der Waals surface area (Å²) >= 11 is 0. The van der Waals surface area contributed by atoms with Crippen LogP contribution in [-0.4, -0.2) is 119 Å². The van der Waals surface area contributed by atoms with Gasteiger partial charge < -0.3 is 20.1 Å². The molecule has 3 aromatic rings. The van der Waals surface area contributed by atoms with Gasteiger partial charge in [-0.05, 0) is 88.4 Å². The summed E-state index contributed by atoms with van der Waals surface area (Å²) in [6.45, 7) is 11.1. The van der Waals surface area contributed by atoms with Gasteiger partial charge in [0.05, 0.1) is 13.1 Å². The maximum Gasteiger partial charge on any atom is 0.425 e. The molecular weight excluding hydrogens is 692 g/mol. The Morgan fingerprint density at radius 1 is 0.593 bits per heavy atom. The molecule has 2 aliphatic rings. The predicted octanol–water partition coefficient (Wildman–Crippen LogP) is 4.82. The Morgan fingerprint density at radius 2 is 1.00 bits per heavy atom. The van der Waals surface area contributed by atoms with Gasteiger partial charge in [0.15, 0.2) is 11.6 Å². The lowest BCUT2D eigenvalue weighted by Gasteiger charge is -2.31. The van der Waals surface area contributed by atoms with Crippen LogP contribution < -0.4 is 10.6 Å². The van der Waals surface area contributed by atoms with Crippen molar-refractivity contribution in [2.24, 2.45) is 0 Å². The van der Waals surface area contributed by atoms with Crippen LogP contribution in [0.3, 0.4) is 0 Å². The molecule has 1 unspecified atom stereocenters. The van der Waals surface area contributed by atoms with Gasteiger partial charge in [0.1, 0.15) is 23.3 Å². The third kappa shape index (κ3) is 9.60. The molecule has 0 radical (unpaired) electrons. The molecule has 4 amide bonds. The van der Waals surface area contributed by atoms with Crippen molar-refractivity contribution in [2.75, 3.05) is 40.3 Å². The molecule has 2 fully saturated rings. The number of rotatable bonds is 9. The number of hydrazine groups is 2. The molecule has 0 aliphatic carbocycles. The van der Waals surface area contributed by atoms with Crippen LogP contribution in [0.5, 0.6) is 0 Å². The fourth-order valence-electron chi connectivity index (χ4n) is 6.41. The smallest absolute Gasteiger partial charge is 0.425 e. The van der Waals surface area contributed by atoms with Crippen molar-refractivity contribution in [3.05, 3.63) is 71.8 Å². The first-order valence-electron chi connectivity index (χ1n) is 18.0. The molecule has 54 heavy (non-hydrogen) atoms. The molecule has 0 spiro atoms. The molecule has 2 saturated heterocycles. The van der Waals surface area contributed by atoms with Crippen LogP contribution in [0.25, 0.3) is 21.9 Å². The molecule has 2 heterocycles. The summed E-state index contributed by atoms with van der Waals surface area (Å²) in [5.41, 5.74) is 1.22. The maximum atomic E-state index is 13.1. The van der Waals surface area contributed by atoms with Gasteiger partial charge in [-0.3, -0.25) is 19.2 Å². The monoisotopic (exact) mass is 742 g/mol. The van der Waals surface area contributed by atoms with Crippen LogP contribution >= 0.6 is 0 Å². The third-order valence-electron chi connectivity index (χ3n) is 9.09. The van der Waals surface area contributed by atoms with Crippen molar-refractivity contribution in [3.63, 3.8) is 0 Å². The number of hydrogen-bond donors (Lipinski definition) is 2. The molecule has 14 heteroatoms. The van der Waals surface area contributed by atoms with Crippen molar-refractivity contribution < 1.29 is 38.2 Å². The first kappa shape index (κ1) is 39.9. The van der Waals surface area contributed by atoms with E-state index in [0.717, 1.165) is 21.9 Å². The van der Waals surface area contributed by atoms with Crippen molar-refractivity contribution in [3.8, 4) is 11.1 Å². The van der Waals surface area contributed by atoms with Crippen molar-refractivity contribution in [2.45, 2.75) is 77.7 Å². The molecule has 3 aromatic carbocycles. The Kier molecular flexibility index (Phi) is 11.8. The Labute approximate surface area is 315 Å². The summed E-state index contributed by atoms with van der Waals surface area (Å²) in [6, 6.07) is 16.7. The Morgan fingerprint density at radius 3 is 1.48 bits per heavy atom. The minimum absolute atomic E-state index is 0.219. The summed E-state index contributed by atoms with van der Waals surface area (Å²) < 4.78 is 10.9. The first-order chi connectivity index (χ1) is 25.3. The number of ketones is 2. The lowest BCUT2D eigenvalue weighted by atomic mass is 9.98. The number of fused-ring (bicyclic) bond motifs is 1. The molecule has 2 atom stereocenters. The third-order valence-corrected chi connectivity index (χ3v) is 9.09. The zero-order valence-electron chi connectivity index (χ0n) is 32.2. The van der Waals surface area contributed by atoms with E-state index in [1.807, 2.05) is 36.4 Å². The Bertz CT molecular complexity index is 1930. The number of ether oxygens (including phenoxy) is 2. The minimum Gasteiger partial charge on any atom is -0.443 e. The van der Waals surface area contributed by atoms with Crippen LogP contribution in [0.4, 0.5) is 9.59 Å². The highest BCUT2D eigenvalue weighted by Crippen LogP contribution is 2.27. The summed E-state index contributed by atoms with van der Waals surface area (Å²) in [7, 11) is 3.42. The van der Waals surface area contributed by atoms with E-state index >= 15 is 0 Å². The average Bonchev–Trinajstić information content (AvgIpc) is 3.69. The fraction of sp³-hybridized carbons (Fsp3) is 0.450. The SMILES string of the molecule is CN1CCC(C(=O)NCC(=O)c2ccc(-c3ccc4cc(C(=O)CNC(=O)[C@@H]5CCN(C)N5C(=O)OC(C)(C)C)ccc4c3)cc2)N1C(=O)OC(C)(C)C. The van der Waals surface area contributed by atoms with Crippen molar-refractivity contribution in [1.82, 2.24) is 30.7 Å². The molecule has 0 saturated carbocycles. The zero-order valence-corrected chi connectivity index (χ0v) is 32.2. The van der Waals surface area contributed by atoms with Gasteiger partial charge in [-0.15, -0.1) is 0 Å². The van der Waals surface area contributed by atoms with Gasteiger partial charge >= 0.3 is 12.2 Å². The van der Waals surface area contributed by atoms with Gasteiger partial charge in [0, 0.05) is 38.3 Å². The molecule has 0 bridgehead atoms. The van der Waals surface area contributed by atoms with Crippen LogP contribution in [0, 0.1) is 0 Å². The number of benzene rings is 3. The fourth-order valence-corrected chi connectivity index (χ4v) is 6.41. The van der Waals surface area contributed by atoms with E-state index in [9.17, 15) is 28.8 Å². The second-order valence-electron chi connectivity index (χ2n) is 15.7. The van der Waals surface area contributed by atoms with Gasteiger partial charge in [0.2, 0.25) is 11.8 Å². The molecule has 2 N–H and O–H groups in total. The van der Waals surface area contributed by atoms with E-state index in [2.05, 4.69) is 10.6 Å². The molecule has 5 rings (SSSR count). The number of nitrogens with zero attached hydrogens (tertiary/aromatic N) is 4. The quantitative estimate of drug-likeness (QED) is 0.292. The van der Waals surface area contributed by atoms with Gasteiger partial charge in [-0.2, -0.15) is 0 Å². The van der Waals surface area contributed by atoms with Crippen molar-refractivity contribution in [1.29, 1.82) is 0 Å². The van der Waals surface area contributed by atoms with E-state index < -0.39 is 47.3 Å². The topological polar surface area (TPSA) is 158 Å². The number of nitrogens with one attached hydrogen (secondary N) is 2. The number of hydrogen-bond acceptors (Lipinski definition) is 10. The van der Waals surface area contributed by atoms with Gasteiger partial charge in [0.25, 0.3) is 0 Å². The second-order valence-corrected chi connectivity index (χ2v) is 15.7. The maximum absolute atomic E-state index is 13.1. The largest absolute Gasteiger partial charge is 0.443 e. The highest BCUT2D eigenvalue weighted by atomic mass is 16.6. The lowest BCUT2D eigenvalue weighted by Crippen LogP contribution is -2.52. The van der Waals surface area contributed by atoms with E-state index in [0.29, 0.717) is 37.1 Å². The predicted molar refractivity (Wildman–Crippen MR) is 202 cm³/mol. The normalized spacial score (nSPS) is 18.1. The van der Waals surface area contributed by atoms with E-state index in [1.54, 1.807) is 89.9 Å². The van der Waals surface area contributed by atoms with Crippen LogP contribution in [0.1, 0.15) is 75.1 Å². The first-order valence-corrected chi connectivity index (χ1v) is 18.0. The number of carbonyl (C=O) groups is 6. The molecular formula is C40H50N6O8. The highest BCUT2D eigenvalue weighted by Gasteiger charge is 2.41. The minimum atomic E-state index is -0.774. The highest BCUT2D eigenvalue weighted by molar-refractivity contribution is 6.03. The van der Waals surface area contributed by atoms with Crippen LogP contribution in [0.15, 0.2) is 60.7 Å². The summed E-state index contributed by atoms with van der Waals surface area (Å²) in [4.78, 5) is 77.6. The standard InChI is InChI=1S/C40H50N6O8/c1-39(2,3)53-37(51)45-31(17-19-43(45)7)35(49)41-23-33(47)26-11-9-25(10-12-26)27-13-14-29-22-30(16-15-28(29)21-27)34(48)24-42-36(50)32-18-20-44(8)46(32)38(52)54-40(4,5)6/h9-16,21-22,31-32H,17-20,23-24H2,1-8H3,(H,41,49)(H,42,50)/t31?,32-/m0/s1. The lowest BCUT2D eigenvalue weighted by molar-refractivity contribution is -0.129. The zero-order chi connectivity index (χ0) is 39.5. The summed E-state index contributed by atoms with van der Waals surface area (Å²) in [6.07, 6.45) is -0.392. The van der Waals surface area contributed by atoms with E-state index in [-0.39, 0.29) is 24.7 Å². The second kappa shape index (κ2) is 15.9. The van der Waals surface area contributed by atoms with Crippen molar-refractivity contribution >= 4 is 46.3 Å². The Balaban J connectivity index is 1.16. The molecule has 0 aromatic heterocycles. The number of Topliss-reactive ketones (excluding diaryl/α,β-unsaturated/α-hetero) is 2. The van der Waals surface area contributed by atoms with E-state index in [4.69, 9.17) is 9.47 Å².